The van der Waals surface area contributed by atoms with E-state index in [-0.39, 0.29) is 5.91 Å². The molecule has 2 aromatic heterocycles. The first kappa shape index (κ1) is 18.8. The van der Waals surface area contributed by atoms with Crippen molar-refractivity contribution in [1.29, 1.82) is 0 Å². The summed E-state index contributed by atoms with van der Waals surface area (Å²) in [5, 5.41) is 2.61. The van der Waals surface area contributed by atoms with E-state index in [4.69, 9.17) is 9.15 Å². The Labute approximate surface area is 158 Å². The molecule has 0 unspecified atom stereocenters. The van der Waals surface area contributed by atoms with E-state index < -0.39 is 11.7 Å². The van der Waals surface area contributed by atoms with Gasteiger partial charge in [-0.15, -0.1) is 0 Å². The van der Waals surface area contributed by atoms with Crippen molar-refractivity contribution < 1.29 is 18.7 Å². The summed E-state index contributed by atoms with van der Waals surface area (Å²) in [5.41, 5.74) is 0.381. The molecule has 3 heterocycles. The maximum Gasteiger partial charge on any atom is 0.413 e. The van der Waals surface area contributed by atoms with Gasteiger partial charge in [0.1, 0.15) is 11.4 Å². The van der Waals surface area contributed by atoms with Crippen LogP contribution in [0.5, 0.6) is 0 Å². The maximum atomic E-state index is 12.3. The van der Waals surface area contributed by atoms with E-state index in [0.717, 1.165) is 5.69 Å². The maximum absolute atomic E-state index is 12.3. The Morgan fingerprint density at radius 3 is 2.44 bits per heavy atom. The van der Waals surface area contributed by atoms with Gasteiger partial charge >= 0.3 is 6.09 Å². The zero-order valence-corrected chi connectivity index (χ0v) is 15.8. The number of piperazine rings is 1. The quantitative estimate of drug-likeness (QED) is 0.891. The first-order valence-electron chi connectivity index (χ1n) is 8.85. The Morgan fingerprint density at radius 1 is 1.15 bits per heavy atom. The first-order valence-corrected chi connectivity index (χ1v) is 8.85. The second-order valence-corrected chi connectivity index (χ2v) is 7.29. The number of hydrogen-bond acceptors (Lipinski definition) is 6. The third-order valence-electron chi connectivity index (χ3n) is 4.04. The monoisotopic (exact) mass is 372 g/mol. The highest BCUT2D eigenvalue weighted by Gasteiger charge is 2.24. The van der Waals surface area contributed by atoms with Crippen molar-refractivity contribution in [3.05, 3.63) is 42.5 Å². The second-order valence-electron chi connectivity index (χ2n) is 7.29. The SMILES string of the molecule is CC(C)(C)OC(=O)Nc1ccc(N2CCN(C(=O)c3ccco3)CC2)cn1. The van der Waals surface area contributed by atoms with E-state index in [2.05, 4.69) is 15.2 Å². The fourth-order valence-corrected chi connectivity index (χ4v) is 2.78. The predicted molar refractivity (Wildman–Crippen MR) is 101 cm³/mol. The highest BCUT2D eigenvalue weighted by Crippen LogP contribution is 2.19. The summed E-state index contributed by atoms with van der Waals surface area (Å²) in [6.07, 6.45) is 2.67. The van der Waals surface area contributed by atoms with Crippen molar-refractivity contribution >= 4 is 23.5 Å². The molecule has 1 aliphatic rings. The van der Waals surface area contributed by atoms with E-state index in [0.29, 0.717) is 37.8 Å². The standard InChI is InChI=1S/C19H24N4O4/c1-19(2,3)27-18(25)21-16-7-6-14(13-20-16)22-8-10-23(11-9-22)17(24)15-5-4-12-26-15/h4-7,12-13H,8-11H2,1-3H3,(H,20,21,25). The highest BCUT2D eigenvalue weighted by molar-refractivity contribution is 5.91. The topological polar surface area (TPSA) is 87.9 Å². The molecule has 0 radical (unpaired) electrons. The van der Waals surface area contributed by atoms with Gasteiger partial charge in [-0.1, -0.05) is 0 Å². The van der Waals surface area contributed by atoms with Gasteiger partial charge < -0.3 is 19.0 Å². The summed E-state index contributed by atoms with van der Waals surface area (Å²) in [7, 11) is 0. The van der Waals surface area contributed by atoms with Gasteiger partial charge in [-0.05, 0) is 45.0 Å². The first-order chi connectivity index (χ1) is 12.8. The number of aromatic nitrogens is 1. The molecule has 8 heteroatoms. The molecule has 0 atom stereocenters. The van der Waals surface area contributed by atoms with Crippen LogP contribution in [0.25, 0.3) is 0 Å². The van der Waals surface area contributed by atoms with Gasteiger partial charge in [-0.2, -0.15) is 0 Å². The minimum absolute atomic E-state index is 0.0883. The van der Waals surface area contributed by atoms with E-state index in [1.165, 1.54) is 6.26 Å². The molecule has 0 saturated carbocycles. The smallest absolute Gasteiger partial charge is 0.413 e. The average molecular weight is 372 g/mol. The summed E-state index contributed by atoms with van der Waals surface area (Å²) in [6.45, 7) is 8.03. The molecule has 3 rings (SSSR count). The number of furan rings is 1. The Balaban J connectivity index is 1.53. The molecule has 8 nitrogen and oxygen atoms in total. The normalized spacial score (nSPS) is 14.8. The van der Waals surface area contributed by atoms with Crippen LogP contribution in [-0.2, 0) is 4.74 Å². The Kier molecular flexibility index (Phi) is 5.34. The Bertz CT molecular complexity index is 773. The number of pyridine rings is 1. The largest absolute Gasteiger partial charge is 0.459 e. The summed E-state index contributed by atoms with van der Waals surface area (Å²) >= 11 is 0. The van der Waals surface area contributed by atoms with E-state index in [1.807, 2.05) is 6.07 Å². The lowest BCUT2D eigenvalue weighted by Crippen LogP contribution is -2.48. The summed E-state index contributed by atoms with van der Waals surface area (Å²) in [6, 6.07) is 7.01. The van der Waals surface area contributed by atoms with Crippen molar-refractivity contribution in [1.82, 2.24) is 9.88 Å². The number of nitrogens with one attached hydrogen (secondary N) is 1. The molecule has 1 fully saturated rings. The fraction of sp³-hybridized carbons (Fsp3) is 0.421. The molecule has 27 heavy (non-hydrogen) atoms. The van der Waals surface area contributed by atoms with Crippen molar-refractivity contribution in [2.24, 2.45) is 0 Å². The predicted octanol–water partition coefficient (Wildman–Crippen LogP) is 2.98. The molecular formula is C19H24N4O4. The minimum atomic E-state index is -0.559. The molecule has 0 aliphatic carbocycles. The van der Waals surface area contributed by atoms with Crippen molar-refractivity contribution in [2.75, 3.05) is 36.4 Å². The Hall–Kier alpha value is -3.03. The molecule has 1 aliphatic heterocycles. The third-order valence-corrected chi connectivity index (χ3v) is 4.04. The van der Waals surface area contributed by atoms with Crippen LogP contribution in [0, 0.1) is 0 Å². The molecular weight excluding hydrogens is 348 g/mol. The number of ether oxygens (including phenoxy) is 1. The zero-order chi connectivity index (χ0) is 19.4. The van der Waals surface area contributed by atoms with Crippen LogP contribution in [0.15, 0.2) is 41.1 Å². The number of nitrogens with zero attached hydrogens (tertiary/aromatic N) is 3. The zero-order valence-electron chi connectivity index (χ0n) is 15.8. The van der Waals surface area contributed by atoms with Gasteiger partial charge in [-0.25, -0.2) is 9.78 Å². The van der Waals surface area contributed by atoms with Crippen LogP contribution in [0.4, 0.5) is 16.3 Å². The van der Waals surface area contributed by atoms with Crippen molar-refractivity contribution in [3.63, 3.8) is 0 Å². The highest BCUT2D eigenvalue weighted by atomic mass is 16.6. The van der Waals surface area contributed by atoms with Crippen LogP contribution < -0.4 is 10.2 Å². The van der Waals surface area contributed by atoms with Gasteiger partial charge in [0.25, 0.3) is 5.91 Å². The van der Waals surface area contributed by atoms with Crippen LogP contribution in [0.1, 0.15) is 31.3 Å². The van der Waals surface area contributed by atoms with E-state index in [9.17, 15) is 9.59 Å². The van der Waals surface area contributed by atoms with Crippen LogP contribution in [-0.4, -0.2) is 53.7 Å². The van der Waals surface area contributed by atoms with Gasteiger partial charge in [0, 0.05) is 26.2 Å². The average Bonchev–Trinajstić information content (AvgIpc) is 3.15. The van der Waals surface area contributed by atoms with E-state index >= 15 is 0 Å². The number of rotatable bonds is 3. The van der Waals surface area contributed by atoms with Crippen LogP contribution in [0.2, 0.25) is 0 Å². The molecule has 2 aromatic rings. The van der Waals surface area contributed by atoms with Gasteiger partial charge in [-0.3, -0.25) is 10.1 Å². The summed E-state index contributed by atoms with van der Waals surface area (Å²) in [5.74, 6) is 0.706. The molecule has 2 amide bonds. The fourth-order valence-electron chi connectivity index (χ4n) is 2.78. The molecule has 0 spiro atoms. The molecule has 0 bridgehead atoms. The lowest BCUT2D eigenvalue weighted by molar-refractivity contribution is 0.0634. The lowest BCUT2D eigenvalue weighted by atomic mass is 10.2. The number of carbonyl (C=O) groups is 2. The number of amides is 2. The van der Waals surface area contributed by atoms with Crippen LogP contribution in [0.3, 0.4) is 0 Å². The molecule has 1 N–H and O–H groups in total. The van der Waals surface area contributed by atoms with Gasteiger partial charge in [0.2, 0.25) is 0 Å². The van der Waals surface area contributed by atoms with Gasteiger partial charge in [0.05, 0.1) is 18.1 Å². The summed E-state index contributed by atoms with van der Waals surface area (Å²) in [4.78, 5) is 32.3. The lowest BCUT2D eigenvalue weighted by Gasteiger charge is -2.35. The molecule has 0 aromatic carbocycles. The third kappa shape index (κ3) is 4.99. The summed E-state index contributed by atoms with van der Waals surface area (Å²) < 4.78 is 10.4. The number of carbonyl (C=O) groups excluding carboxylic acids is 2. The van der Waals surface area contributed by atoms with Crippen molar-refractivity contribution in [3.8, 4) is 0 Å². The number of hydrogen-bond donors (Lipinski definition) is 1. The minimum Gasteiger partial charge on any atom is -0.459 e. The number of anilines is 2. The van der Waals surface area contributed by atoms with Gasteiger partial charge in [0.15, 0.2) is 5.76 Å². The molecule has 144 valence electrons. The molecule has 1 saturated heterocycles. The van der Waals surface area contributed by atoms with E-state index in [1.54, 1.807) is 50.1 Å². The second kappa shape index (κ2) is 7.69. The van der Waals surface area contributed by atoms with Crippen molar-refractivity contribution in [2.45, 2.75) is 26.4 Å². The Morgan fingerprint density at radius 2 is 1.89 bits per heavy atom. The van der Waals surface area contributed by atoms with Crippen LogP contribution >= 0.6 is 0 Å².